The molecule has 1 N–H and O–H groups in total. The number of amides is 1. The van der Waals surface area contributed by atoms with Gasteiger partial charge < -0.3 is 14.6 Å². The lowest BCUT2D eigenvalue weighted by atomic mass is 10.1. The SMILES string of the molecule is COc1cc(C=C2SC(=Nc3cccc(C(=O)O)c3)N(C)C2=O)cc(Br)c1OCc1ccc(Cl)cc1. The highest BCUT2D eigenvalue weighted by atomic mass is 79.9. The Hall–Kier alpha value is -3.27. The number of halogens is 2. The monoisotopic (exact) mass is 586 g/mol. The van der Waals surface area contributed by atoms with Crippen LogP contribution in [0.3, 0.4) is 0 Å². The molecule has 3 aromatic rings. The van der Waals surface area contributed by atoms with E-state index < -0.39 is 5.97 Å². The number of hydrogen-bond acceptors (Lipinski definition) is 6. The number of methoxy groups -OCH3 is 1. The number of rotatable bonds is 7. The lowest BCUT2D eigenvalue weighted by molar-refractivity contribution is -0.121. The van der Waals surface area contributed by atoms with E-state index in [1.807, 2.05) is 18.2 Å². The highest BCUT2D eigenvalue weighted by molar-refractivity contribution is 9.10. The molecule has 0 saturated carbocycles. The number of likely N-dealkylation sites (N-methyl/N-ethyl adjacent to an activating group) is 1. The van der Waals surface area contributed by atoms with Gasteiger partial charge in [0.1, 0.15) is 6.61 Å². The molecule has 1 fully saturated rings. The predicted octanol–water partition coefficient (Wildman–Crippen LogP) is 6.62. The number of carbonyl (C=O) groups is 2. The largest absolute Gasteiger partial charge is 0.493 e. The van der Waals surface area contributed by atoms with Crippen LogP contribution < -0.4 is 9.47 Å². The normalized spacial score (nSPS) is 15.6. The van der Waals surface area contributed by atoms with Gasteiger partial charge in [-0.2, -0.15) is 0 Å². The summed E-state index contributed by atoms with van der Waals surface area (Å²) in [6, 6.07) is 17.2. The van der Waals surface area contributed by atoms with Crippen molar-refractivity contribution in [3.8, 4) is 11.5 Å². The smallest absolute Gasteiger partial charge is 0.335 e. The number of carboxylic acids is 1. The average Bonchev–Trinajstić information content (AvgIpc) is 3.11. The highest BCUT2D eigenvalue weighted by Crippen LogP contribution is 2.39. The van der Waals surface area contributed by atoms with Crippen LogP contribution in [0.15, 0.2) is 75.0 Å². The third-order valence-electron chi connectivity index (χ3n) is 5.17. The van der Waals surface area contributed by atoms with Gasteiger partial charge in [0, 0.05) is 12.1 Å². The molecule has 36 heavy (non-hydrogen) atoms. The molecule has 0 aliphatic carbocycles. The molecule has 0 bridgehead atoms. The Morgan fingerprint density at radius 2 is 1.94 bits per heavy atom. The predicted molar refractivity (Wildman–Crippen MR) is 145 cm³/mol. The van der Waals surface area contributed by atoms with E-state index in [1.54, 1.807) is 50.6 Å². The first-order valence-electron chi connectivity index (χ1n) is 10.6. The van der Waals surface area contributed by atoms with Gasteiger partial charge >= 0.3 is 5.97 Å². The number of hydrogen-bond donors (Lipinski definition) is 1. The molecule has 0 atom stereocenters. The minimum absolute atomic E-state index is 0.125. The Balaban J connectivity index is 1.57. The van der Waals surface area contributed by atoms with Crippen LogP contribution in [0.1, 0.15) is 21.5 Å². The van der Waals surface area contributed by atoms with Crippen LogP contribution in [-0.2, 0) is 11.4 Å². The van der Waals surface area contributed by atoms with Gasteiger partial charge in [0.15, 0.2) is 16.7 Å². The zero-order valence-corrected chi connectivity index (χ0v) is 22.4. The fraction of sp³-hybridized carbons (Fsp3) is 0.115. The van der Waals surface area contributed by atoms with Crippen molar-refractivity contribution in [3.05, 3.63) is 91.8 Å². The second kappa shape index (κ2) is 11.2. The summed E-state index contributed by atoms with van der Waals surface area (Å²) in [5, 5.41) is 10.3. The van der Waals surface area contributed by atoms with Crippen LogP contribution in [0.5, 0.6) is 11.5 Å². The van der Waals surface area contributed by atoms with E-state index in [0.717, 1.165) is 11.1 Å². The summed E-state index contributed by atoms with van der Waals surface area (Å²) < 4.78 is 12.2. The molecule has 3 aromatic carbocycles. The van der Waals surface area contributed by atoms with Crippen molar-refractivity contribution in [1.29, 1.82) is 0 Å². The number of ether oxygens (including phenoxy) is 2. The second-order valence-corrected chi connectivity index (χ2v) is 9.97. The van der Waals surface area contributed by atoms with Crippen LogP contribution in [0.4, 0.5) is 5.69 Å². The van der Waals surface area contributed by atoms with E-state index in [9.17, 15) is 14.7 Å². The third-order valence-corrected chi connectivity index (χ3v) is 7.07. The van der Waals surface area contributed by atoms with Crippen molar-refractivity contribution in [3.63, 3.8) is 0 Å². The first kappa shape index (κ1) is 25.8. The average molecular weight is 588 g/mol. The number of nitrogens with zero attached hydrogens (tertiary/aromatic N) is 2. The Morgan fingerprint density at radius 3 is 2.64 bits per heavy atom. The quantitative estimate of drug-likeness (QED) is 0.313. The molecule has 1 aliphatic heterocycles. The summed E-state index contributed by atoms with van der Waals surface area (Å²) in [5.74, 6) is -0.210. The van der Waals surface area contributed by atoms with Crippen molar-refractivity contribution in [2.75, 3.05) is 14.2 Å². The van der Waals surface area contributed by atoms with Crippen molar-refractivity contribution >= 4 is 68.1 Å². The third kappa shape index (κ3) is 5.92. The molecule has 184 valence electrons. The summed E-state index contributed by atoms with van der Waals surface area (Å²) in [7, 11) is 3.17. The topological polar surface area (TPSA) is 88.4 Å². The van der Waals surface area contributed by atoms with Crippen molar-refractivity contribution in [2.45, 2.75) is 6.61 Å². The number of aromatic carboxylic acids is 1. The first-order valence-corrected chi connectivity index (χ1v) is 12.6. The molecular formula is C26H20BrClN2O5S. The molecule has 1 aliphatic rings. The fourth-order valence-electron chi connectivity index (χ4n) is 3.32. The molecule has 0 aromatic heterocycles. The van der Waals surface area contributed by atoms with E-state index in [1.165, 1.54) is 28.8 Å². The standard InChI is InChI=1S/C26H20BrClN2O5S/c1-30-24(31)22(36-26(30)29-19-5-3-4-17(13-19)25(32)33)12-16-10-20(27)23(21(11-16)34-2)35-14-15-6-8-18(28)9-7-15/h3-13H,14H2,1-2H3,(H,32,33). The summed E-state index contributed by atoms with van der Waals surface area (Å²) in [6.45, 7) is 0.328. The molecular weight excluding hydrogens is 568 g/mol. The van der Waals surface area contributed by atoms with Gasteiger partial charge in [-0.1, -0.05) is 29.8 Å². The zero-order chi connectivity index (χ0) is 25.8. The number of benzene rings is 3. The molecule has 10 heteroatoms. The van der Waals surface area contributed by atoms with Crippen LogP contribution in [0.25, 0.3) is 6.08 Å². The Morgan fingerprint density at radius 1 is 1.19 bits per heavy atom. The summed E-state index contributed by atoms with van der Waals surface area (Å²) in [5.41, 5.74) is 2.26. The number of carbonyl (C=O) groups excluding carboxylic acids is 1. The van der Waals surface area contributed by atoms with Gasteiger partial charge in [0.25, 0.3) is 5.91 Å². The second-order valence-electron chi connectivity index (χ2n) is 7.67. The van der Waals surface area contributed by atoms with E-state index >= 15 is 0 Å². The minimum atomic E-state index is -1.04. The molecule has 0 spiro atoms. The van der Waals surface area contributed by atoms with Crippen molar-refractivity contribution in [2.24, 2.45) is 4.99 Å². The van der Waals surface area contributed by atoms with Gasteiger partial charge in [-0.15, -0.1) is 0 Å². The number of aliphatic imine (C=N–C) groups is 1. The van der Waals surface area contributed by atoms with Gasteiger partial charge in [-0.05, 0) is 87.4 Å². The van der Waals surface area contributed by atoms with E-state index in [2.05, 4.69) is 20.9 Å². The Labute approximate surface area is 225 Å². The summed E-state index contributed by atoms with van der Waals surface area (Å²) >= 11 is 10.7. The minimum Gasteiger partial charge on any atom is -0.493 e. The number of carboxylic acid groups (broad SMARTS) is 1. The maximum absolute atomic E-state index is 12.9. The van der Waals surface area contributed by atoms with Gasteiger partial charge in [-0.25, -0.2) is 9.79 Å². The lowest BCUT2D eigenvalue weighted by Crippen LogP contribution is -2.23. The first-order chi connectivity index (χ1) is 17.2. The number of thioether (sulfide) groups is 1. The Kier molecular flexibility index (Phi) is 8.03. The van der Waals surface area contributed by atoms with Crippen molar-refractivity contribution < 1.29 is 24.2 Å². The molecule has 1 saturated heterocycles. The van der Waals surface area contributed by atoms with Gasteiger partial charge in [-0.3, -0.25) is 9.69 Å². The lowest BCUT2D eigenvalue weighted by Gasteiger charge is -2.14. The molecule has 1 amide bonds. The van der Waals surface area contributed by atoms with Crippen LogP contribution in [0, 0.1) is 0 Å². The van der Waals surface area contributed by atoms with Crippen LogP contribution in [0.2, 0.25) is 5.02 Å². The number of amidine groups is 1. The molecule has 1 heterocycles. The molecule has 0 radical (unpaired) electrons. The van der Waals surface area contributed by atoms with E-state index in [0.29, 0.717) is 43.4 Å². The van der Waals surface area contributed by atoms with Gasteiger partial charge in [0.2, 0.25) is 0 Å². The van der Waals surface area contributed by atoms with Gasteiger partial charge in [0.05, 0.1) is 27.7 Å². The maximum atomic E-state index is 12.9. The molecule has 7 nitrogen and oxygen atoms in total. The molecule has 0 unspecified atom stereocenters. The summed E-state index contributed by atoms with van der Waals surface area (Å²) in [4.78, 5) is 30.5. The van der Waals surface area contributed by atoms with E-state index in [-0.39, 0.29) is 11.5 Å². The fourth-order valence-corrected chi connectivity index (χ4v) is 5.01. The highest BCUT2D eigenvalue weighted by Gasteiger charge is 2.30. The Bertz CT molecular complexity index is 1390. The van der Waals surface area contributed by atoms with E-state index in [4.69, 9.17) is 21.1 Å². The summed E-state index contributed by atoms with van der Waals surface area (Å²) in [6.07, 6.45) is 1.75. The zero-order valence-electron chi connectivity index (χ0n) is 19.2. The maximum Gasteiger partial charge on any atom is 0.335 e. The van der Waals surface area contributed by atoms with Crippen LogP contribution in [-0.4, -0.2) is 41.2 Å². The molecule has 4 rings (SSSR count). The van der Waals surface area contributed by atoms with Crippen LogP contribution >= 0.6 is 39.3 Å². The van der Waals surface area contributed by atoms with Crippen molar-refractivity contribution in [1.82, 2.24) is 4.90 Å².